The average Bonchev–Trinajstić information content (AvgIpc) is 2.54. The highest BCUT2D eigenvalue weighted by molar-refractivity contribution is 5.79. The Morgan fingerprint density at radius 1 is 1.18 bits per heavy atom. The number of nitrogens with one attached hydrogen (secondary N) is 1. The van der Waals surface area contributed by atoms with E-state index >= 15 is 0 Å². The largest absolute Gasteiger partial charge is 0.497 e. The zero-order valence-corrected chi connectivity index (χ0v) is 14.1. The molecule has 0 aromatic heterocycles. The van der Waals surface area contributed by atoms with Gasteiger partial charge in [-0.25, -0.2) is 0 Å². The molecule has 1 unspecified atom stereocenters. The van der Waals surface area contributed by atoms with Crippen LogP contribution in [0.4, 0.5) is 0 Å². The Labute approximate surface area is 134 Å². The molecule has 1 aromatic rings. The fourth-order valence-electron chi connectivity index (χ4n) is 3.24. The Kier molecular flexibility index (Phi) is 6.29. The molecule has 1 N–H and O–H groups in total. The number of ether oxygens (including phenoxy) is 1. The molecule has 22 heavy (non-hydrogen) atoms. The summed E-state index contributed by atoms with van der Waals surface area (Å²) in [6, 6.07) is 8.16. The maximum atomic E-state index is 12.6. The second-order valence-corrected chi connectivity index (χ2v) is 6.80. The highest BCUT2D eigenvalue weighted by Gasteiger charge is 2.24. The van der Waals surface area contributed by atoms with Crippen LogP contribution in [0, 0.1) is 11.8 Å². The summed E-state index contributed by atoms with van der Waals surface area (Å²) >= 11 is 0. The first-order valence-corrected chi connectivity index (χ1v) is 8.54. The number of methoxy groups -OCH3 is 1. The highest BCUT2D eigenvalue weighted by Crippen LogP contribution is 2.27. The predicted molar refractivity (Wildman–Crippen MR) is 89.9 cm³/mol. The summed E-state index contributed by atoms with van der Waals surface area (Å²) in [6.07, 6.45) is 6.71. The third kappa shape index (κ3) is 4.75. The number of hydrogen-bond acceptors (Lipinski definition) is 2. The van der Waals surface area contributed by atoms with Crippen molar-refractivity contribution in [3.8, 4) is 5.75 Å². The van der Waals surface area contributed by atoms with Crippen molar-refractivity contribution in [2.24, 2.45) is 11.8 Å². The Morgan fingerprint density at radius 3 is 2.36 bits per heavy atom. The van der Waals surface area contributed by atoms with Crippen molar-refractivity contribution in [3.05, 3.63) is 29.8 Å². The van der Waals surface area contributed by atoms with Crippen LogP contribution in [-0.4, -0.2) is 13.0 Å². The fourth-order valence-corrected chi connectivity index (χ4v) is 3.24. The van der Waals surface area contributed by atoms with Gasteiger partial charge in [0.05, 0.1) is 13.2 Å². The first-order valence-electron chi connectivity index (χ1n) is 8.54. The Hall–Kier alpha value is -1.51. The van der Waals surface area contributed by atoms with Crippen molar-refractivity contribution in [2.75, 3.05) is 7.11 Å². The molecule has 1 fully saturated rings. The third-order valence-electron chi connectivity index (χ3n) is 4.52. The van der Waals surface area contributed by atoms with Gasteiger partial charge in [0.15, 0.2) is 0 Å². The molecule has 1 atom stereocenters. The molecule has 0 spiro atoms. The van der Waals surface area contributed by atoms with Crippen molar-refractivity contribution in [3.63, 3.8) is 0 Å². The van der Waals surface area contributed by atoms with Gasteiger partial charge in [-0.05, 0) is 42.9 Å². The van der Waals surface area contributed by atoms with E-state index in [0.29, 0.717) is 5.92 Å². The van der Waals surface area contributed by atoms with Gasteiger partial charge in [-0.3, -0.25) is 4.79 Å². The SMILES string of the molecule is COc1ccc(C(CC(C)C)NC(=O)C2CCCCC2)cc1. The normalized spacial score (nSPS) is 17.3. The molecule has 0 bridgehead atoms. The first-order chi connectivity index (χ1) is 10.6. The highest BCUT2D eigenvalue weighted by atomic mass is 16.5. The van der Waals surface area contributed by atoms with E-state index in [1.807, 2.05) is 12.1 Å². The molecule has 0 heterocycles. The summed E-state index contributed by atoms with van der Waals surface area (Å²) in [6.45, 7) is 4.40. The number of amides is 1. The van der Waals surface area contributed by atoms with E-state index in [2.05, 4.69) is 31.3 Å². The molecule has 1 aliphatic carbocycles. The van der Waals surface area contributed by atoms with Crippen molar-refractivity contribution in [2.45, 2.75) is 58.4 Å². The van der Waals surface area contributed by atoms with Gasteiger partial charge in [0.1, 0.15) is 5.75 Å². The molecule has 3 heteroatoms. The summed E-state index contributed by atoms with van der Waals surface area (Å²) in [5, 5.41) is 3.29. The molecule has 0 aliphatic heterocycles. The van der Waals surface area contributed by atoms with Crippen molar-refractivity contribution >= 4 is 5.91 Å². The van der Waals surface area contributed by atoms with Gasteiger partial charge in [-0.2, -0.15) is 0 Å². The van der Waals surface area contributed by atoms with Crippen LogP contribution >= 0.6 is 0 Å². The molecule has 1 amide bonds. The van der Waals surface area contributed by atoms with Crippen LogP contribution in [0.25, 0.3) is 0 Å². The van der Waals surface area contributed by atoms with E-state index < -0.39 is 0 Å². The lowest BCUT2D eigenvalue weighted by Crippen LogP contribution is -2.35. The van der Waals surface area contributed by atoms with Gasteiger partial charge in [0.25, 0.3) is 0 Å². The van der Waals surface area contributed by atoms with Crippen molar-refractivity contribution in [1.29, 1.82) is 0 Å². The lowest BCUT2D eigenvalue weighted by molar-refractivity contribution is -0.126. The van der Waals surface area contributed by atoms with Crippen LogP contribution in [0.15, 0.2) is 24.3 Å². The van der Waals surface area contributed by atoms with E-state index in [1.54, 1.807) is 7.11 Å². The van der Waals surface area contributed by atoms with Crippen LogP contribution in [0.2, 0.25) is 0 Å². The molecule has 2 rings (SSSR count). The van der Waals surface area contributed by atoms with Crippen LogP contribution < -0.4 is 10.1 Å². The minimum Gasteiger partial charge on any atom is -0.497 e. The minimum absolute atomic E-state index is 0.0975. The zero-order valence-electron chi connectivity index (χ0n) is 14.1. The molecule has 0 saturated heterocycles. The summed E-state index contributed by atoms with van der Waals surface area (Å²) in [5.41, 5.74) is 1.17. The number of benzene rings is 1. The zero-order chi connectivity index (χ0) is 15.9. The molecule has 122 valence electrons. The summed E-state index contributed by atoms with van der Waals surface area (Å²) < 4.78 is 5.22. The maximum Gasteiger partial charge on any atom is 0.223 e. The van der Waals surface area contributed by atoms with E-state index in [0.717, 1.165) is 25.0 Å². The quantitative estimate of drug-likeness (QED) is 0.841. The summed E-state index contributed by atoms with van der Waals surface area (Å²) in [5.74, 6) is 1.84. The number of hydrogen-bond donors (Lipinski definition) is 1. The van der Waals surface area contributed by atoms with E-state index in [-0.39, 0.29) is 17.9 Å². The molecular formula is C19H29NO2. The van der Waals surface area contributed by atoms with Gasteiger partial charge >= 0.3 is 0 Å². The van der Waals surface area contributed by atoms with Crippen LogP contribution in [0.5, 0.6) is 5.75 Å². The molecule has 1 saturated carbocycles. The smallest absolute Gasteiger partial charge is 0.223 e. The van der Waals surface area contributed by atoms with Gasteiger partial charge in [0, 0.05) is 5.92 Å². The monoisotopic (exact) mass is 303 g/mol. The van der Waals surface area contributed by atoms with Crippen LogP contribution in [0.3, 0.4) is 0 Å². The molecule has 0 radical (unpaired) electrons. The Bertz CT molecular complexity index is 461. The van der Waals surface area contributed by atoms with Gasteiger partial charge < -0.3 is 10.1 Å². The average molecular weight is 303 g/mol. The topological polar surface area (TPSA) is 38.3 Å². The first kappa shape index (κ1) is 16.9. The van der Waals surface area contributed by atoms with E-state index in [9.17, 15) is 4.79 Å². The predicted octanol–water partition coefficient (Wildman–Crippen LogP) is 4.48. The molecule has 1 aromatic carbocycles. The number of carbonyl (C=O) groups is 1. The Morgan fingerprint density at radius 2 is 1.82 bits per heavy atom. The molecular weight excluding hydrogens is 274 g/mol. The fraction of sp³-hybridized carbons (Fsp3) is 0.632. The second-order valence-electron chi connectivity index (χ2n) is 6.80. The van der Waals surface area contributed by atoms with Gasteiger partial charge in [0.2, 0.25) is 5.91 Å². The molecule has 1 aliphatic rings. The molecule has 3 nitrogen and oxygen atoms in total. The van der Waals surface area contributed by atoms with E-state index in [1.165, 1.54) is 24.8 Å². The maximum absolute atomic E-state index is 12.6. The number of rotatable bonds is 6. The van der Waals surface area contributed by atoms with Crippen LogP contribution in [-0.2, 0) is 4.79 Å². The van der Waals surface area contributed by atoms with E-state index in [4.69, 9.17) is 4.74 Å². The Balaban J connectivity index is 2.05. The summed E-state index contributed by atoms with van der Waals surface area (Å²) in [4.78, 5) is 12.6. The minimum atomic E-state index is 0.0975. The second kappa shape index (κ2) is 8.21. The summed E-state index contributed by atoms with van der Waals surface area (Å²) in [7, 11) is 1.67. The van der Waals surface area contributed by atoms with Crippen molar-refractivity contribution in [1.82, 2.24) is 5.32 Å². The lowest BCUT2D eigenvalue weighted by Gasteiger charge is -2.26. The van der Waals surface area contributed by atoms with Gasteiger partial charge in [-0.15, -0.1) is 0 Å². The van der Waals surface area contributed by atoms with Gasteiger partial charge in [-0.1, -0.05) is 45.2 Å². The third-order valence-corrected chi connectivity index (χ3v) is 4.52. The lowest BCUT2D eigenvalue weighted by atomic mass is 9.88. The number of carbonyl (C=O) groups excluding carboxylic acids is 1. The van der Waals surface area contributed by atoms with Crippen molar-refractivity contribution < 1.29 is 9.53 Å². The standard InChI is InChI=1S/C19H29NO2/c1-14(2)13-18(15-9-11-17(22-3)12-10-15)20-19(21)16-7-5-4-6-8-16/h9-12,14,16,18H,4-8,13H2,1-3H3,(H,20,21). The van der Waals surface area contributed by atoms with Crippen LogP contribution in [0.1, 0.15) is 64.0 Å².